The zero-order valence-electron chi connectivity index (χ0n) is 12.0. The highest BCUT2D eigenvalue weighted by Crippen LogP contribution is 2.26. The lowest BCUT2D eigenvalue weighted by molar-refractivity contribution is -0.384. The Bertz CT molecular complexity index is 561. The fourth-order valence-corrected chi connectivity index (χ4v) is 1.74. The summed E-state index contributed by atoms with van der Waals surface area (Å²) in [5.41, 5.74) is -0.721. The van der Waals surface area contributed by atoms with Gasteiger partial charge in [0.15, 0.2) is 0 Å². The molecule has 7 nitrogen and oxygen atoms in total. The van der Waals surface area contributed by atoms with Gasteiger partial charge in [0.2, 0.25) is 0 Å². The summed E-state index contributed by atoms with van der Waals surface area (Å²) < 4.78 is 5.18. The van der Waals surface area contributed by atoms with Crippen molar-refractivity contribution in [3.05, 3.63) is 39.9 Å². The molecule has 0 aliphatic carbocycles. The van der Waals surface area contributed by atoms with Crippen LogP contribution in [0.25, 0.3) is 0 Å². The number of hydrogen-bond acceptors (Lipinski definition) is 5. The third-order valence-electron chi connectivity index (χ3n) is 2.55. The molecule has 0 spiro atoms. The summed E-state index contributed by atoms with van der Waals surface area (Å²) in [4.78, 5) is 33.2. The summed E-state index contributed by atoms with van der Waals surface area (Å²) in [6.45, 7) is 4.99. The van der Waals surface area contributed by atoms with Crippen LogP contribution in [0, 0.1) is 10.1 Å². The van der Waals surface area contributed by atoms with Crippen LogP contribution in [0.15, 0.2) is 24.3 Å². The van der Waals surface area contributed by atoms with Gasteiger partial charge in [-0.1, -0.05) is 12.1 Å². The standard InChI is InChI=1S/C14H17NO6/c1-14(2,3)21-13(18)11(8-12(16)17)9-5-4-6-10(7-9)15(19)20/h4-7,11H,8H2,1-3H3,(H,16,17). The number of carbonyl (C=O) groups is 2. The highest BCUT2D eigenvalue weighted by Gasteiger charge is 2.29. The molecule has 1 N–H and O–H groups in total. The first-order chi connectivity index (χ1) is 9.60. The molecule has 1 aromatic carbocycles. The molecule has 0 aromatic heterocycles. The highest BCUT2D eigenvalue weighted by molar-refractivity contribution is 5.84. The summed E-state index contributed by atoms with van der Waals surface area (Å²) in [5, 5.41) is 19.7. The van der Waals surface area contributed by atoms with Gasteiger partial charge in [-0.3, -0.25) is 19.7 Å². The minimum Gasteiger partial charge on any atom is -0.481 e. The van der Waals surface area contributed by atoms with Gasteiger partial charge in [-0.15, -0.1) is 0 Å². The number of non-ortho nitro benzene ring substituents is 1. The fraction of sp³-hybridized carbons (Fsp3) is 0.429. The SMILES string of the molecule is CC(C)(C)OC(=O)C(CC(=O)O)c1cccc([N+](=O)[O-])c1. The molecule has 0 aliphatic heterocycles. The Morgan fingerprint density at radius 1 is 1.38 bits per heavy atom. The van der Waals surface area contributed by atoms with E-state index in [2.05, 4.69) is 0 Å². The predicted octanol–water partition coefficient (Wildman–Crippen LogP) is 2.49. The van der Waals surface area contributed by atoms with Crippen LogP contribution >= 0.6 is 0 Å². The van der Waals surface area contributed by atoms with Crippen LogP contribution in [-0.4, -0.2) is 27.6 Å². The van der Waals surface area contributed by atoms with Crippen molar-refractivity contribution in [1.82, 2.24) is 0 Å². The number of benzene rings is 1. The van der Waals surface area contributed by atoms with Crippen molar-refractivity contribution < 1.29 is 24.4 Å². The van der Waals surface area contributed by atoms with Gasteiger partial charge in [0, 0.05) is 12.1 Å². The fourth-order valence-electron chi connectivity index (χ4n) is 1.74. The largest absolute Gasteiger partial charge is 0.481 e. The average Bonchev–Trinajstić information content (AvgIpc) is 2.33. The molecule has 0 radical (unpaired) electrons. The lowest BCUT2D eigenvalue weighted by atomic mass is 9.95. The molecule has 1 aromatic rings. The maximum atomic E-state index is 12.1. The number of rotatable bonds is 5. The van der Waals surface area contributed by atoms with Crippen molar-refractivity contribution >= 4 is 17.6 Å². The number of nitrogens with zero attached hydrogens (tertiary/aromatic N) is 1. The van der Waals surface area contributed by atoms with Crippen LogP contribution in [0.5, 0.6) is 0 Å². The molecule has 0 bridgehead atoms. The van der Waals surface area contributed by atoms with E-state index in [9.17, 15) is 19.7 Å². The van der Waals surface area contributed by atoms with E-state index >= 15 is 0 Å². The van der Waals surface area contributed by atoms with Gasteiger partial charge in [0.05, 0.1) is 17.3 Å². The Morgan fingerprint density at radius 3 is 2.48 bits per heavy atom. The number of hydrogen-bond donors (Lipinski definition) is 1. The Hall–Kier alpha value is -2.44. The van der Waals surface area contributed by atoms with E-state index in [1.54, 1.807) is 20.8 Å². The van der Waals surface area contributed by atoms with E-state index in [-0.39, 0.29) is 11.3 Å². The molecule has 0 saturated carbocycles. The Kier molecular flexibility index (Phi) is 5.02. The molecular formula is C14H17NO6. The van der Waals surface area contributed by atoms with E-state index in [0.717, 1.165) is 0 Å². The zero-order chi connectivity index (χ0) is 16.2. The first-order valence-corrected chi connectivity index (χ1v) is 6.29. The predicted molar refractivity (Wildman–Crippen MR) is 73.9 cm³/mol. The first kappa shape index (κ1) is 16.6. The third-order valence-corrected chi connectivity index (χ3v) is 2.55. The van der Waals surface area contributed by atoms with E-state index < -0.39 is 34.8 Å². The maximum absolute atomic E-state index is 12.1. The number of ether oxygens (including phenoxy) is 1. The number of nitro groups is 1. The highest BCUT2D eigenvalue weighted by atomic mass is 16.6. The van der Waals surface area contributed by atoms with Crippen LogP contribution in [0.3, 0.4) is 0 Å². The number of esters is 1. The number of carbonyl (C=O) groups excluding carboxylic acids is 1. The lowest BCUT2D eigenvalue weighted by Crippen LogP contribution is -2.29. The molecule has 7 heteroatoms. The second kappa shape index (κ2) is 6.34. The number of carboxylic acids is 1. The molecule has 1 atom stereocenters. The van der Waals surface area contributed by atoms with Gasteiger partial charge in [-0.25, -0.2) is 0 Å². The van der Waals surface area contributed by atoms with Crippen LogP contribution in [0.4, 0.5) is 5.69 Å². The summed E-state index contributed by atoms with van der Waals surface area (Å²) in [7, 11) is 0. The molecule has 1 rings (SSSR count). The summed E-state index contributed by atoms with van der Waals surface area (Å²) >= 11 is 0. The third kappa shape index (κ3) is 5.21. The number of carboxylic acid groups (broad SMARTS) is 1. The van der Waals surface area contributed by atoms with Crippen molar-refractivity contribution in [2.24, 2.45) is 0 Å². The topological polar surface area (TPSA) is 107 Å². The Balaban J connectivity index is 3.13. The second-order valence-electron chi connectivity index (χ2n) is 5.54. The summed E-state index contributed by atoms with van der Waals surface area (Å²) in [5.74, 6) is -2.98. The molecule has 21 heavy (non-hydrogen) atoms. The van der Waals surface area contributed by atoms with Crippen LogP contribution in [0.2, 0.25) is 0 Å². The molecular weight excluding hydrogens is 278 g/mol. The van der Waals surface area contributed by atoms with Crippen molar-refractivity contribution in [3.63, 3.8) is 0 Å². The smallest absolute Gasteiger partial charge is 0.314 e. The minimum atomic E-state index is -1.18. The van der Waals surface area contributed by atoms with Crippen LogP contribution < -0.4 is 0 Å². The Morgan fingerprint density at radius 2 is 2.00 bits per heavy atom. The molecule has 0 fully saturated rings. The monoisotopic (exact) mass is 295 g/mol. The van der Waals surface area contributed by atoms with Gasteiger partial charge < -0.3 is 9.84 Å². The molecule has 0 heterocycles. The van der Waals surface area contributed by atoms with Crippen molar-refractivity contribution in [3.8, 4) is 0 Å². The van der Waals surface area contributed by atoms with Crippen molar-refractivity contribution in [2.75, 3.05) is 0 Å². The second-order valence-corrected chi connectivity index (χ2v) is 5.54. The number of nitro benzene ring substituents is 1. The van der Waals surface area contributed by atoms with Crippen LogP contribution in [-0.2, 0) is 14.3 Å². The quantitative estimate of drug-likeness (QED) is 0.508. The molecule has 0 saturated heterocycles. The van der Waals surface area contributed by atoms with E-state index in [1.807, 2.05) is 0 Å². The minimum absolute atomic E-state index is 0.202. The lowest BCUT2D eigenvalue weighted by Gasteiger charge is -2.23. The van der Waals surface area contributed by atoms with Gasteiger partial charge in [-0.05, 0) is 26.3 Å². The van der Waals surface area contributed by atoms with Crippen molar-refractivity contribution in [2.45, 2.75) is 38.7 Å². The van der Waals surface area contributed by atoms with E-state index in [0.29, 0.717) is 0 Å². The molecule has 0 amide bonds. The molecule has 114 valence electrons. The average molecular weight is 295 g/mol. The zero-order valence-corrected chi connectivity index (χ0v) is 12.0. The van der Waals surface area contributed by atoms with Gasteiger partial charge in [0.1, 0.15) is 5.60 Å². The maximum Gasteiger partial charge on any atom is 0.314 e. The Labute approximate surface area is 121 Å². The summed E-state index contributed by atoms with van der Waals surface area (Å²) in [6.07, 6.45) is -0.490. The van der Waals surface area contributed by atoms with Gasteiger partial charge in [-0.2, -0.15) is 0 Å². The summed E-state index contributed by atoms with van der Waals surface area (Å²) in [6, 6.07) is 5.35. The van der Waals surface area contributed by atoms with E-state index in [4.69, 9.17) is 9.84 Å². The van der Waals surface area contributed by atoms with Gasteiger partial charge >= 0.3 is 11.9 Å². The van der Waals surface area contributed by atoms with E-state index in [1.165, 1.54) is 24.3 Å². The normalized spacial score (nSPS) is 12.5. The number of aliphatic carboxylic acids is 1. The van der Waals surface area contributed by atoms with Crippen LogP contribution in [0.1, 0.15) is 38.7 Å². The van der Waals surface area contributed by atoms with Crippen molar-refractivity contribution in [1.29, 1.82) is 0 Å². The molecule has 0 aliphatic rings. The first-order valence-electron chi connectivity index (χ1n) is 6.29. The molecule has 1 unspecified atom stereocenters. The van der Waals surface area contributed by atoms with Gasteiger partial charge in [0.25, 0.3) is 5.69 Å².